The first-order valence-electron chi connectivity index (χ1n) is 11.7. The molecule has 0 amide bonds. The second-order valence-corrected chi connectivity index (χ2v) is 8.57. The Kier molecular flexibility index (Phi) is 5.76. The average molecular weight is 448 g/mol. The molecule has 5 rings (SSSR count). The Morgan fingerprint density at radius 3 is 2.79 bits per heavy atom. The van der Waals surface area contributed by atoms with Crippen molar-refractivity contribution in [2.45, 2.75) is 46.2 Å². The topological polar surface area (TPSA) is 96.0 Å². The van der Waals surface area contributed by atoms with E-state index in [1.54, 1.807) is 16.8 Å². The maximum absolute atomic E-state index is 13.2. The molecule has 3 heterocycles. The van der Waals surface area contributed by atoms with E-state index in [1.165, 1.54) is 0 Å². The van der Waals surface area contributed by atoms with Gasteiger partial charge >= 0.3 is 0 Å². The molecule has 4 bridgehead atoms. The minimum absolute atomic E-state index is 0.0723. The first kappa shape index (κ1) is 21.5. The van der Waals surface area contributed by atoms with Gasteiger partial charge in [-0.1, -0.05) is 26.0 Å². The lowest BCUT2D eigenvalue weighted by molar-refractivity contribution is 0.291. The number of hydrogen-bond donors (Lipinski definition) is 2. The number of aryl methyl sites for hydroxylation is 1. The lowest BCUT2D eigenvalue weighted by atomic mass is 10.1. The molecular formula is C25H29N5O3. The summed E-state index contributed by atoms with van der Waals surface area (Å²) >= 11 is 0. The van der Waals surface area contributed by atoms with Crippen LogP contribution >= 0.6 is 0 Å². The normalized spacial score (nSPS) is 14.3. The number of rotatable bonds is 4. The Balaban J connectivity index is 1.73. The van der Waals surface area contributed by atoms with Crippen molar-refractivity contribution in [2.75, 3.05) is 19.7 Å². The van der Waals surface area contributed by atoms with Gasteiger partial charge in [-0.15, -0.1) is 0 Å². The summed E-state index contributed by atoms with van der Waals surface area (Å²) in [4.78, 5) is 36.1. The lowest BCUT2D eigenvalue weighted by Crippen LogP contribution is -2.22. The Labute approximate surface area is 191 Å². The van der Waals surface area contributed by atoms with Crippen LogP contribution in [0, 0.1) is 0 Å². The highest BCUT2D eigenvalue weighted by Gasteiger charge is 2.18. The third-order valence-corrected chi connectivity index (χ3v) is 6.45. The van der Waals surface area contributed by atoms with Gasteiger partial charge < -0.3 is 9.72 Å². The largest absolute Gasteiger partial charge is 0.491 e. The summed E-state index contributed by atoms with van der Waals surface area (Å²) in [6.07, 6.45) is 2.69. The minimum atomic E-state index is -0.290. The molecule has 8 heteroatoms. The van der Waals surface area contributed by atoms with Gasteiger partial charge in [0, 0.05) is 18.7 Å². The molecule has 4 aromatic rings. The number of nitrogens with one attached hydrogen (secondary N) is 2. The second-order valence-electron chi connectivity index (χ2n) is 8.57. The number of aromatic nitrogens is 4. The first-order chi connectivity index (χ1) is 16.1. The van der Waals surface area contributed by atoms with E-state index < -0.39 is 0 Å². The molecule has 172 valence electrons. The SMILES string of the molecule is CCN(CC)Cc1cc2c3nc(c(=O)[nH]c3c1)-c1cccc3c(=O)n([nH]c13)CCCCCO2. The van der Waals surface area contributed by atoms with Crippen LogP contribution in [0.1, 0.15) is 38.7 Å². The number of ether oxygens (including phenoxy) is 1. The molecule has 0 atom stereocenters. The molecule has 0 saturated carbocycles. The van der Waals surface area contributed by atoms with Gasteiger partial charge in [-0.05, 0) is 56.1 Å². The summed E-state index contributed by atoms with van der Waals surface area (Å²) in [5, 5.41) is 3.78. The van der Waals surface area contributed by atoms with Gasteiger partial charge in [0.2, 0.25) is 0 Å². The zero-order chi connectivity index (χ0) is 22.9. The third kappa shape index (κ3) is 3.95. The zero-order valence-electron chi connectivity index (χ0n) is 19.1. The standard InChI is InChI=1S/C25H29N5O3/c1-3-29(4-2)15-16-13-19-23-20(14-16)33-12-7-5-6-11-30-25(32)18-10-8-9-17(21(18)28-30)22(27-23)24(31)26-19/h8-10,13-14,28H,3-7,11-12,15H2,1-2H3,(H,26,31). The Morgan fingerprint density at radius 1 is 1.12 bits per heavy atom. The maximum Gasteiger partial charge on any atom is 0.275 e. The van der Waals surface area contributed by atoms with Gasteiger partial charge in [0.25, 0.3) is 11.1 Å². The monoisotopic (exact) mass is 447 g/mol. The molecule has 1 aliphatic heterocycles. The van der Waals surface area contributed by atoms with Crippen LogP contribution in [-0.4, -0.2) is 44.3 Å². The zero-order valence-corrected chi connectivity index (χ0v) is 19.1. The molecule has 33 heavy (non-hydrogen) atoms. The summed E-state index contributed by atoms with van der Waals surface area (Å²) in [5.41, 5.74) is 3.53. The molecule has 0 fully saturated rings. The molecule has 2 aromatic carbocycles. The second kappa shape index (κ2) is 8.86. The summed E-state index contributed by atoms with van der Waals surface area (Å²) in [6.45, 7) is 8.10. The summed E-state index contributed by atoms with van der Waals surface area (Å²) in [6, 6.07) is 9.44. The van der Waals surface area contributed by atoms with Gasteiger partial charge in [0.15, 0.2) is 0 Å². The van der Waals surface area contributed by atoms with Crippen molar-refractivity contribution in [2.24, 2.45) is 0 Å². The van der Waals surface area contributed by atoms with Crippen LogP contribution in [-0.2, 0) is 13.1 Å². The summed E-state index contributed by atoms with van der Waals surface area (Å²) in [7, 11) is 0. The van der Waals surface area contributed by atoms with Crippen molar-refractivity contribution in [3.8, 4) is 17.0 Å². The van der Waals surface area contributed by atoms with Crippen LogP contribution in [0.25, 0.3) is 33.2 Å². The number of nitrogens with zero attached hydrogens (tertiary/aromatic N) is 3. The van der Waals surface area contributed by atoms with E-state index in [1.807, 2.05) is 18.2 Å². The quantitative estimate of drug-likeness (QED) is 0.498. The van der Waals surface area contributed by atoms with Crippen LogP contribution in [0.4, 0.5) is 0 Å². The molecule has 0 spiro atoms. The number of fused-ring (bicyclic) bond motifs is 3. The van der Waals surface area contributed by atoms with Gasteiger partial charge in [0.1, 0.15) is 17.0 Å². The smallest absolute Gasteiger partial charge is 0.275 e. The predicted octanol–water partition coefficient (Wildman–Crippen LogP) is 3.64. The molecule has 0 unspecified atom stereocenters. The van der Waals surface area contributed by atoms with Crippen LogP contribution < -0.4 is 15.9 Å². The Hall–Kier alpha value is -3.39. The number of hydrogen-bond acceptors (Lipinski definition) is 5. The molecule has 0 radical (unpaired) electrons. The van der Waals surface area contributed by atoms with Gasteiger partial charge in [-0.2, -0.15) is 0 Å². The molecule has 2 aromatic heterocycles. The van der Waals surface area contributed by atoms with E-state index in [-0.39, 0.29) is 16.8 Å². The number of aromatic amines is 2. The van der Waals surface area contributed by atoms with Crippen molar-refractivity contribution in [1.82, 2.24) is 24.6 Å². The first-order valence-corrected chi connectivity index (χ1v) is 11.7. The molecule has 8 nitrogen and oxygen atoms in total. The van der Waals surface area contributed by atoms with E-state index in [4.69, 9.17) is 9.72 Å². The number of para-hydroxylation sites is 1. The molecule has 0 saturated heterocycles. The minimum Gasteiger partial charge on any atom is -0.491 e. The number of benzene rings is 2. The van der Waals surface area contributed by atoms with Crippen molar-refractivity contribution in [1.29, 1.82) is 0 Å². The summed E-state index contributed by atoms with van der Waals surface area (Å²) < 4.78 is 7.82. The van der Waals surface area contributed by atoms with Crippen LogP contribution in [0.3, 0.4) is 0 Å². The van der Waals surface area contributed by atoms with Gasteiger partial charge in [-0.3, -0.25) is 24.3 Å². The number of H-pyrrole nitrogens is 2. The fraction of sp³-hybridized carbons (Fsp3) is 0.400. The Bertz CT molecular complexity index is 1430. The van der Waals surface area contributed by atoms with Crippen molar-refractivity contribution < 1.29 is 4.74 Å². The van der Waals surface area contributed by atoms with Crippen molar-refractivity contribution >= 4 is 21.9 Å². The maximum atomic E-state index is 13.2. The van der Waals surface area contributed by atoms with E-state index >= 15 is 0 Å². The van der Waals surface area contributed by atoms with Crippen LogP contribution in [0.5, 0.6) is 5.75 Å². The molecule has 1 aliphatic rings. The fourth-order valence-electron chi connectivity index (χ4n) is 4.58. The van der Waals surface area contributed by atoms with Crippen molar-refractivity contribution in [3.05, 3.63) is 56.6 Å². The average Bonchev–Trinajstić information content (AvgIpc) is 3.14. The van der Waals surface area contributed by atoms with E-state index in [0.717, 1.165) is 44.5 Å². The molecular weight excluding hydrogens is 418 g/mol. The lowest BCUT2D eigenvalue weighted by Gasteiger charge is -2.19. The summed E-state index contributed by atoms with van der Waals surface area (Å²) in [5.74, 6) is 0.683. The molecule has 2 N–H and O–H groups in total. The van der Waals surface area contributed by atoms with E-state index in [0.29, 0.717) is 46.4 Å². The van der Waals surface area contributed by atoms with Gasteiger partial charge in [0.05, 0.1) is 23.0 Å². The highest BCUT2D eigenvalue weighted by atomic mass is 16.5. The van der Waals surface area contributed by atoms with E-state index in [9.17, 15) is 9.59 Å². The van der Waals surface area contributed by atoms with E-state index in [2.05, 4.69) is 28.8 Å². The molecule has 0 aliphatic carbocycles. The highest BCUT2D eigenvalue weighted by molar-refractivity contribution is 5.93. The predicted molar refractivity (Wildman–Crippen MR) is 130 cm³/mol. The highest BCUT2D eigenvalue weighted by Crippen LogP contribution is 2.29. The Morgan fingerprint density at radius 2 is 1.97 bits per heavy atom. The third-order valence-electron chi connectivity index (χ3n) is 6.45. The van der Waals surface area contributed by atoms with Gasteiger partial charge in [-0.25, -0.2) is 4.98 Å². The van der Waals surface area contributed by atoms with Crippen molar-refractivity contribution in [3.63, 3.8) is 0 Å². The van der Waals surface area contributed by atoms with Crippen LogP contribution in [0.2, 0.25) is 0 Å². The fourth-order valence-corrected chi connectivity index (χ4v) is 4.58. The van der Waals surface area contributed by atoms with Crippen LogP contribution in [0.15, 0.2) is 39.9 Å².